The van der Waals surface area contributed by atoms with E-state index in [1.54, 1.807) is 38.5 Å². The molecule has 0 bridgehead atoms. The van der Waals surface area contributed by atoms with Crippen molar-refractivity contribution in [2.75, 3.05) is 20.8 Å². The molecule has 29 heavy (non-hydrogen) atoms. The van der Waals surface area contributed by atoms with Crippen molar-refractivity contribution in [3.05, 3.63) is 70.1 Å². The number of rotatable bonds is 6. The van der Waals surface area contributed by atoms with Gasteiger partial charge in [-0.05, 0) is 78.1 Å². The van der Waals surface area contributed by atoms with Gasteiger partial charge in [0.25, 0.3) is 0 Å². The molecule has 4 rings (SSSR count). The minimum absolute atomic E-state index is 0.250. The number of thiophene rings is 1. The maximum Gasteiger partial charge on any atom is 0.348 e. The monoisotopic (exact) mass is 408 g/mol. The third-order valence-electron chi connectivity index (χ3n) is 4.98. The highest BCUT2D eigenvalue weighted by Gasteiger charge is 2.23. The quantitative estimate of drug-likeness (QED) is 0.442. The largest absolute Gasteiger partial charge is 0.497 e. The second kappa shape index (κ2) is 8.09. The minimum atomic E-state index is -0.471. The summed E-state index contributed by atoms with van der Waals surface area (Å²) in [7, 11) is 3.22. The van der Waals surface area contributed by atoms with Crippen LogP contribution in [0.1, 0.15) is 31.2 Å². The molecule has 1 aliphatic rings. The lowest BCUT2D eigenvalue weighted by Gasteiger charge is -2.16. The zero-order chi connectivity index (χ0) is 20.4. The number of ketones is 1. The van der Waals surface area contributed by atoms with Crippen molar-refractivity contribution in [3.63, 3.8) is 0 Å². The molecule has 0 saturated heterocycles. The van der Waals surface area contributed by atoms with Crippen LogP contribution in [-0.2, 0) is 17.6 Å². The van der Waals surface area contributed by atoms with E-state index in [9.17, 15) is 9.59 Å². The van der Waals surface area contributed by atoms with Crippen LogP contribution in [0.2, 0.25) is 0 Å². The molecule has 0 amide bonds. The van der Waals surface area contributed by atoms with E-state index in [4.69, 9.17) is 14.2 Å². The Balaban J connectivity index is 1.46. The first kappa shape index (κ1) is 19.2. The Bertz CT molecular complexity index is 1070. The second-order valence-corrected chi connectivity index (χ2v) is 7.77. The van der Waals surface area contributed by atoms with E-state index < -0.39 is 5.97 Å². The third-order valence-corrected chi connectivity index (χ3v) is 6.17. The molecule has 0 saturated carbocycles. The number of benzene rings is 2. The van der Waals surface area contributed by atoms with Gasteiger partial charge in [-0.15, -0.1) is 11.3 Å². The lowest BCUT2D eigenvalue weighted by atomic mass is 9.91. The molecule has 1 aliphatic carbocycles. The van der Waals surface area contributed by atoms with Crippen molar-refractivity contribution < 1.29 is 23.8 Å². The molecule has 6 heteroatoms. The van der Waals surface area contributed by atoms with Gasteiger partial charge in [0.2, 0.25) is 0 Å². The molecule has 0 unspecified atom stereocenters. The lowest BCUT2D eigenvalue weighted by molar-refractivity contribution is 0.0479. The van der Waals surface area contributed by atoms with Crippen molar-refractivity contribution in [2.45, 2.75) is 12.8 Å². The maximum absolute atomic E-state index is 12.5. The zero-order valence-electron chi connectivity index (χ0n) is 16.2. The Labute approximate surface area is 172 Å². The van der Waals surface area contributed by atoms with Crippen LogP contribution in [0.25, 0.3) is 10.4 Å². The predicted octanol–water partition coefficient (Wildman–Crippen LogP) is 4.57. The molecular weight excluding hydrogens is 388 g/mol. The highest BCUT2D eigenvalue weighted by Crippen LogP contribution is 2.41. The van der Waals surface area contributed by atoms with Gasteiger partial charge >= 0.3 is 5.97 Å². The fraction of sp³-hybridized carbons (Fsp3) is 0.217. The second-order valence-electron chi connectivity index (χ2n) is 6.72. The molecule has 1 aromatic heterocycles. The molecule has 0 N–H and O–H groups in total. The summed E-state index contributed by atoms with van der Waals surface area (Å²) in [5.41, 5.74) is 3.96. The van der Waals surface area contributed by atoms with Crippen LogP contribution in [0.3, 0.4) is 0 Å². The summed E-state index contributed by atoms with van der Waals surface area (Å²) in [6.45, 7) is -0.290. The van der Waals surface area contributed by atoms with E-state index >= 15 is 0 Å². The Hall–Kier alpha value is -3.12. The summed E-state index contributed by atoms with van der Waals surface area (Å²) in [6.07, 6.45) is 1.77. The van der Waals surface area contributed by atoms with E-state index in [1.807, 2.05) is 24.3 Å². The fourth-order valence-electron chi connectivity index (χ4n) is 3.40. The number of aryl methyl sites for hydroxylation is 2. The summed E-state index contributed by atoms with van der Waals surface area (Å²) in [5.74, 6) is 0.780. The molecule has 148 valence electrons. The number of methoxy groups -OCH3 is 2. The highest BCUT2D eigenvalue weighted by atomic mass is 32.1. The molecule has 1 heterocycles. The smallest absolute Gasteiger partial charge is 0.348 e. The molecule has 0 aliphatic heterocycles. The van der Waals surface area contributed by atoms with E-state index in [1.165, 1.54) is 16.9 Å². The molecular formula is C23H20O5S. The van der Waals surface area contributed by atoms with Gasteiger partial charge in [-0.25, -0.2) is 4.79 Å². The number of Topliss-reactive ketones (excluding diaryl/α,β-unsaturated/α-hetero) is 1. The predicted molar refractivity (Wildman–Crippen MR) is 111 cm³/mol. The van der Waals surface area contributed by atoms with E-state index in [0.29, 0.717) is 16.2 Å². The summed E-state index contributed by atoms with van der Waals surface area (Å²) in [4.78, 5) is 26.4. The van der Waals surface area contributed by atoms with Gasteiger partial charge in [-0.2, -0.15) is 0 Å². The first-order valence-corrected chi connectivity index (χ1v) is 10.0. The summed E-state index contributed by atoms with van der Waals surface area (Å²) in [6, 6.07) is 14.6. The molecule has 0 atom stereocenters. The minimum Gasteiger partial charge on any atom is -0.497 e. The number of ether oxygens (including phenoxy) is 3. The molecule has 3 aromatic rings. The summed E-state index contributed by atoms with van der Waals surface area (Å²) >= 11 is 1.41. The molecule has 0 radical (unpaired) electrons. The maximum atomic E-state index is 12.5. The van der Waals surface area contributed by atoms with Crippen LogP contribution >= 0.6 is 11.3 Å². The summed E-state index contributed by atoms with van der Waals surface area (Å²) in [5, 5.41) is 0. The number of hydrogen-bond acceptors (Lipinski definition) is 6. The molecule has 0 fully saturated rings. The number of esters is 1. The normalized spacial score (nSPS) is 11.9. The highest BCUT2D eigenvalue weighted by molar-refractivity contribution is 7.17. The van der Waals surface area contributed by atoms with Gasteiger partial charge in [0, 0.05) is 10.4 Å². The van der Waals surface area contributed by atoms with Gasteiger partial charge in [0.15, 0.2) is 12.4 Å². The van der Waals surface area contributed by atoms with Crippen LogP contribution in [0.5, 0.6) is 11.5 Å². The van der Waals surface area contributed by atoms with E-state index in [0.717, 1.165) is 34.6 Å². The Morgan fingerprint density at radius 3 is 2.31 bits per heavy atom. The topological polar surface area (TPSA) is 61.8 Å². The number of hydrogen-bond donors (Lipinski definition) is 0. The SMILES string of the molecule is COc1ccc(C(=O)COC(=O)c2cc3c(s2)-c2ccc(OC)cc2CC3)cc1. The zero-order valence-corrected chi connectivity index (χ0v) is 17.0. The van der Waals surface area contributed by atoms with Crippen LogP contribution in [-0.4, -0.2) is 32.6 Å². The van der Waals surface area contributed by atoms with Gasteiger partial charge in [0.1, 0.15) is 16.4 Å². The lowest BCUT2D eigenvalue weighted by Crippen LogP contribution is -2.13. The Morgan fingerprint density at radius 1 is 0.897 bits per heavy atom. The van der Waals surface area contributed by atoms with Crippen LogP contribution in [0.15, 0.2) is 48.5 Å². The van der Waals surface area contributed by atoms with Gasteiger partial charge in [0.05, 0.1) is 14.2 Å². The third kappa shape index (κ3) is 3.89. The first-order chi connectivity index (χ1) is 14.1. The average Bonchev–Trinajstić information content (AvgIpc) is 3.21. The Morgan fingerprint density at radius 2 is 1.59 bits per heavy atom. The van der Waals surface area contributed by atoms with Gasteiger partial charge < -0.3 is 14.2 Å². The van der Waals surface area contributed by atoms with Crippen LogP contribution in [0, 0.1) is 0 Å². The number of carbonyl (C=O) groups is 2. The average molecular weight is 408 g/mol. The molecule has 5 nitrogen and oxygen atoms in total. The Kier molecular flexibility index (Phi) is 5.36. The molecule has 0 spiro atoms. The van der Waals surface area contributed by atoms with E-state index in [2.05, 4.69) is 0 Å². The van der Waals surface area contributed by atoms with Crippen molar-refractivity contribution in [1.82, 2.24) is 0 Å². The van der Waals surface area contributed by atoms with Gasteiger partial charge in [-0.3, -0.25) is 4.79 Å². The summed E-state index contributed by atoms with van der Waals surface area (Å²) < 4.78 is 15.7. The number of carbonyl (C=O) groups excluding carboxylic acids is 2. The van der Waals surface area contributed by atoms with Crippen molar-refractivity contribution >= 4 is 23.1 Å². The van der Waals surface area contributed by atoms with Crippen LogP contribution in [0.4, 0.5) is 0 Å². The van der Waals surface area contributed by atoms with Crippen molar-refractivity contribution in [1.29, 1.82) is 0 Å². The molecule has 2 aromatic carbocycles. The van der Waals surface area contributed by atoms with E-state index in [-0.39, 0.29) is 12.4 Å². The van der Waals surface area contributed by atoms with Gasteiger partial charge in [-0.1, -0.05) is 0 Å². The first-order valence-electron chi connectivity index (χ1n) is 9.23. The van der Waals surface area contributed by atoms with Crippen molar-refractivity contribution in [2.24, 2.45) is 0 Å². The number of fused-ring (bicyclic) bond motifs is 3. The standard InChI is InChI=1S/C23H20O5S/c1-26-17-7-5-14(6-8-17)20(24)13-28-23(25)21-12-16-4-3-15-11-18(27-2)9-10-19(15)22(16)29-21/h5-12H,3-4,13H2,1-2H3. The van der Waals surface area contributed by atoms with Crippen LogP contribution < -0.4 is 9.47 Å². The van der Waals surface area contributed by atoms with Crippen molar-refractivity contribution in [3.8, 4) is 21.9 Å². The fourth-order valence-corrected chi connectivity index (χ4v) is 4.56.